The summed E-state index contributed by atoms with van der Waals surface area (Å²) in [5.74, 6) is -0.434. The van der Waals surface area contributed by atoms with Gasteiger partial charge in [0.05, 0.1) is 0 Å². The number of hydrogen-bond donors (Lipinski definition) is 3. The molecule has 0 unspecified atom stereocenters. The zero-order valence-electron chi connectivity index (χ0n) is 6.75. The number of nitrogen functional groups attached to an aromatic ring is 1. The van der Waals surface area contributed by atoms with Crippen molar-refractivity contribution in [3.8, 4) is 0 Å². The molecule has 0 aromatic heterocycles. The maximum atomic E-state index is 12.6. The van der Waals surface area contributed by atoms with Crippen LogP contribution in [0.5, 0.6) is 0 Å². The van der Waals surface area contributed by atoms with Crippen molar-refractivity contribution in [3.05, 3.63) is 29.6 Å². The smallest absolute Gasteiger partial charge is 0.404 e. The topological polar surface area (TPSA) is 75.3 Å². The summed E-state index contributed by atoms with van der Waals surface area (Å²) in [7, 11) is 0. The fourth-order valence-electron chi connectivity index (χ4n) is 0.898. The highest BCUT2D eigenvalue weighted by Gasteiger charge is 2.02. The summed E-state index contributed by atoms with van der Waals surface area (Å²) in [5, 5.41) is 10.4. The summed E-state index contributed by atoms with van der Waals surface area (Å²) in [4.78, 5) is 10.1. The lowest BCUT2D eigenvalue weighted by Crippen LogP contribution is -2.20. The molecule has 5 heteroatoms. The quantitative estimate of drug-likeness (QED) is 0.604. The van der Waals surface area contributed by atoms with E-state index in [-0.39, 0.29) is 6.54 Å². The number of carbonyl (C=O) groups is 1. The number of halogens is 1. The van der Waals surface area contributed by atoms with E-state index in [9.17, 15) is 9.18 Å². The standard InChI is InChI=1S/C8H9FN2O2/c9-6-1-2-7(10)5(3-6)4-11-8(12)13/h1-3,11H,4,10H2,(H,12,13). The van der Waals surface area contributed by atoms with Gasteiger partial charge in [0.2, 0.25) is 0 Å². The molecule has 0 aliphatic carbocycles. The van der Waals surface area contributed by atoms with Gasteiger partial charge in [-0.1, -0.05) is 0 Å². The first kappa shape index (κ1) is 9.31. The third-order valence-electron chi connectivity index (χ3n) is 1.54. The molecule has 0 atom stereocenters. The average molecular weight is 184 g/mol. The summed E-state index contributed by atoms with van der Waals surface area (Å²) < 4.78 is 12.6. The van der Waals surface area contributed by atoms with Crippen molar-refractivity contribution in [2.75, 3.05) is 5.73 Å². The number of nitrogens with two attached hydrogens (primary N) is 1. The van der Waals surface area contributed by atoms with E-state index in [1.807, 2.05) is 0 Å². The van der Waals surface area contributed by atoms with Gasteiger partial charge < -0.3 is 16.2 Å². The fourth-order valence-corrected chi connectivity index (χ4v) is 0.898. The first-order chi connectivity index (χ1) is 6.09. The third kappa shape index (κ3) is 2.62. The molecule has 1 aromatic carbocycles. The van der Waals surface area contributed by atoms with Crippen LogP contribution in [0.3, 0.4) is 0 Å². The Morgan fingerprint density at radius 1 is 1.62 bits per heavy atom. The van der Waals surface area contributed by atoms with E-state index in [1.54, 1.807) is 0 Å². The summed E-state index contributed by atoms with van der Waals surface area (Å²) in [6, 6.07) is 3.82. The molecule has 70 valence electrons. The maximum Gasteiger partial charge on any atom is 0.404 e. The zero-order valence-corrected chi connectivity index (χ0v) is 6.75. The minimum Gasteiger partial charge on any atom is -0.465 e. The number of benzene rings is 1. The Morgan fingerprint density at radius 2 is 2.31 bits per heavy atom. The van der Waals surface area contributed by atoms with Crippen molar-refractivity contribution < 1.29 is 14.3 Å². The summed E-state index contributed by atoms with van der Waals surface area (Å²) >= 11 is 0. The van der Waals surface area contributed by atoms with Crippen molar-refractivity contribution >= 4 is 11.8 Å². The van der Waals surface area contributed by atoms with Gasteiger partial charge in [0.15, 0.2) is 0 Å². The zero-order chi connectivity index (χ0) is 9.84. The first-order valence-electron chi connectivity index (χ1n) is 3.60. The van der Waals surface area contributed by atoms with Crippen LogP contribution in [0.25, 0.3) is 0 Å². The fraction of sp³-hybridized carbons (Fsp3) is 0.125. The van der Waals surface area contributed by atoms with Crippen LogP contribution in [0.4, 0.5) is 14.9 Å². The van der Waals surface area contributed by atoms with Crippen molar-refractivity contribution in [2.24, 2.45) is 0 Å². The van der Waals surface area contributed by atoms with E-state index in [1.165, 1.54) is 18.2 Å². The van der Waals surface area contributed by atoms with E-state index in [2.05, 4.69) is 5.32 Å². The normalized spacial score (nSPS) is 9.62. The Hall–Kier alpha value is -1.78. The van der Waals surface area contributed by atoms with E-state index < -0.39 is 11.9 Å². The van der Waals surface area contributed by atoms with Crippen LogP contribution in [0, 0.1) is 5.82 Å². The van der Waals surface area contributed by atoms with Gasteiger partial charge in [-0.25, -0.2) is 9.18 Å². The molecule has 0 radical (unpaired) electrons. The summed E-state index contributed by atoms with van der Waals surface area (Å²) in [5.41, 5.74) is 6.28. The van der Waals surface area contributed by atoms with Crippen LogP contribution in [-0.2, 0) is 6.54 Å². The molecule has 0 saturated carbocycles. The number of rotatable bonds is 2. The minimum absolute atomic E-state index is 0.0128. The molecule has 0 saturated heterocycles. The number of anilines is 1. The van der Waals surface area contributed by atoms with Gasteiger partial charge in [-0.15, -0.1) is 0 Å². The van der Waals surface area contributed by atoms with Crippen molar-refractivity contribution in [2.45, 2.75) is 6.54 Å². The molecule has 0 aliphatic heterocycles. The van der Waals surface area contributed by atoms with Gasteiger partial charge in [-0.05, 0) is 23.8 Å². The Balaban J connectivity index is 2.75. The Labute approximate surface area is 74.2 Å². The lowest BCUT2D eigenvalue weighted by molar-refractivity contribution is 0.194. The molecule has 1 aromatic rings. The lowest BCUT2D eigenvalue weighted by Gasteiger charge is -2.04. The molecule has 4 N–H and O–H groups in total. The molecule has 0 heterocycles. The van der Waals surface area contributed by atoms with Crippen LogP contribution >= 0.6 is 0 Å². The van der Waals surface area contributed by atoms with Crippen LogP contribution in [0.1, 0.15) is 5.56 Å². The van der Waals surface area contributed by atoms with Gasteiger partial charge in [0, 0.05) is 12.2 Å². The van der Waals surface area contributed by atoms with Crippen LogP contribution < -0.4 is 11.1 Å². The number of carboxylic acid groups (broad SMARTS) is 1. The molecule has 13 heavy (non-hydrogen) atoms. The van der Waals surface area contributed by atoms with Crippen molar-refractivity contribution in [3.63, 3.8) is 0 Å². The highest BCUT2D eigenvalue weighted by atomic mass is 19.1. The average Bonchev–Trinajstić information content (AvgIpc) is 2.06. The first-order valence-corrected chi connectivity index (χ1v) is 3.60. The van der Waals surface area contributed by atoms with Gasteiger partial charge in [0.1, 0.15) is 5.82 Å². The molecule has 0 spiro atoms. The number of hydrogen-bond acceptors (Lipinski definition) is 2. The van der Waals surface area contributed by atoms with Crippen LogP contribution in [-0.4, -0.2) is 11.2 Å². The van der Waals surface area contributed by atoms with Crippen LogP contribution in [0.15, 0.2) is 18.2 Å². The third-order valence-corrected chi connectivity index (χ3v) is 1.54. The minimum atomic E-state index is -1.16. The molecule has 1 rings (SSSR count). The Bertz CT molecular complexity index is 328. The second-order valence-electron chi connectivity index (χ2n) is 2.50. The van der Waals surface area contributed by atoms with Crippen molar-refractivity contribution in [1.29, 1.82) is 0 Å². The monoisotopic (exact) mass is 184 g/mol. The van der Waals surface area contributed by atoms with E-state index in [0.717, 1.165) is 0 Å². The molecule has 0 aliphatic rings. The molecule has 0 fully saturated rings. The molecule has 0 bridgehead atoms. The van der Waals surface area contributed by atoms with Gasteiger partial charge >= 0.3 is 6.09 Å². The highest BCUT2D eigenvalue weighted by Crippen LogP contribution is 2.12. The highest BCUT2D eigenvalue weighted by molar-refractivity contribution is 5.65. The molecular formula is C8H9FN2O2. The summed E-state index contributed by atoms with van der Waals surface area (Å²) in [6.45, 7) is 0.0128. The number of nitrogens with one attached hydrogen (secondary N) is 1. The SMILES string of the molecule is Nc1ccc(F)cc1CNC(=O)O. The predicted octanol–water partition coefficient (Wildman–Crippen LogP) is 1.18. The second-order valence-corrected chi connectivity index (χ2v) is 2.50. The van der Waals surface area contributed by atoms with Gasteiger partial charge in [-0.2, -0.15) is 0 Å². The largest absolute Gasteiger partial charge is 0.465 e. The lowest BCUT2D eigenvalue weighted by atomic mass is 10.2. The molecular weight excluding hydrogens is 175 g/mol. The van der Waals surface area contributed by atoms with Gasteiger partial charge in [-0.3, -0.25) is 0 Å². The van der Waals surface area contributed by atoms with Gasteiger partial charge in [0.25, 0.3) is 0 Å². The van der Waals surface area contributed by atoms with Crippen LogP contribution in [0.2, 0.25) is 0 Å². The van der Waals surface area contributed by atoms with E-state index >= 15 is 0 Å². The van der Waals surface area contributed by atoms with E-state index in [4.69, 9.17) is 10.8 Å². The Kier molecular flexibility index (Phi) is 2.69. The number of amides is 1. The Morgan fingerprint density at radius 3 is 2.92 bits per heavy atom. The van der Waals surface area contributed by atoms with Crippen molar-refractivity contribution in [1.82, 2.24) is 5.32 Å². The van der Waals surface area contributed by atoms with E-state index in [0.29, 0.717) is 11.3 Å². The molecule has 1 amide bonds. The maximum absolute atomic E-state index is 12.6. The second kappa shape index (κ2) is 3.75. The predicted molar refractivity (Wildman–Crippen MR) is 45.7 cm³/mol. The molecule has 4 nitrogen and oxygen atoms in total. The summed E-state index contributed by atoms with van der Waals surface area (Å²) in [6.07, 6.45) is -1.16.